The molecule has 0 saturated heterocycles. The Kier molecular flexibility index (Phi) is 4.31. The Morgan fingerprint density at radius 2 is 2.00 bits per heavy atom. The van der Waals surface area contributed by atoms with Gasteiger partial charge in [0.1, 0.15) is 5.69 Å². The van der Waals surface area contributed by atoms with E-state index in [9.17, 15) is 4.79 Å². The van der Waals surface area contributed by atoms with E-state index in [1.54, 1.807) is 6.92 Å². The number of hydrogen-bond acceptors (Lipinski definition) is 5. The lowest BCUT2D eigenvalue weighted by Crippen LogP contribution is -2.19. The number of nitrogens with zero attached hydrogens (tertiary/aromatic N) is 1. The number of hydrogen-bond donors (Lipinski definition) is 1. The Bertz CT molecular complexity index is 387. The number of nitrogens with one attached hydrogen (secondary N) is 1. The van der Waals surface area contributed by atoms with Gasteiger partial charge in [-0.15, -0.1) is 0 Å². The summed E-state index contributed by atoms with van der Waals surface area (Å²) in [5.41, 5.74) is 0.873. The molecule has 0 saturated carbocycles. The predicted molar refractivity (Wildman–Crippen MR) is 58.1 cm³/mol. The zero-order valence-corrected chi connectivity index (χ0v) is 9.97. The molecule has 1 rings (SSSR count). The summed E-state index contributed by atoms with van der Waals surface area (Å²) in [6, 6.07) is 0. The first-order valence-corrected chi connectivity index (χ1v) is 5.57. The molecule has 0 aliphatic heterocycles. The maximum Gasteiger partial charge on any atom is 0.254 e. The second-order valence-electron chi connectivity index (χ2n) is 2.89. The average Bonchev–Trinajstić information content (AvgIpc) is 2.25. The summed E-state index contributed by atoms with van der Waals surface area (Å²) in [7, 11) is 3.02. The lowest BCUT2D eigenvalue weighted by molar-refractivity contribution is -0.109. The maximum atomic E-state index is 11.5. The summed E-state index contributed by atoms with van der Waals surface area (Å²) in [5, 5.41) is 0.555. The molecule has 0 unspecified atom stereocenters. The molecular formula is C9H14N2O3S. The fraction of sp³-hybridized carbons (Fsp3) is 0.556. The number of H-pyrrole nitrogens is 1. The zero-order valence-electron chi connectivity index (χ0n) is 9.16. The number of ether oxygens (including phenoxy) is 2. The fourth-order valence-electron chi connectivity index (χ4n) is 1.17. The Morgan fingerprint density at radius 3 is 2.47 bits per heavy atom. The second-order valence-corrected chi connectivity index (χ2v) is 3.68. The highest BCUT2D eigenvalue weighted by atomic mass is 32.2. The topological polar surface area (TPSA) is 64.2 Å². The van der Waals surface area contributed by atoms with Crippen molar-refractivity contribution >= 4 is 11.8 Å². The summed E-state index contributed by atoms with van der Waals surface area (Å²) >= 11 is 1.37. The number of thioether (sulfide) groups is 1. The van der Waals surface area contributed by atoms with Crippen molar-refractivity contribution < 1.29 is 9.47 Å². The van der Waals surface area contributed by atoms with Gasteiger partial charge in [0.2, 0.25) is 6.29 Å². The van der Waals surface area contributed by atoms with Gasteiger partial charge in [0.25, 0.3) is 5.56 Å². The van der Waals surface area contributed by atoms with Crippen molar-refractivity contribution in [3.8, 4) is 0 Å². The standard InChI is InChI=1S/C9H14N2O3S/c1-5-6(8(13-2)14-3)10-9(15-4)11-7(5)12/h8H,1-4H3,(H,10,11,12). The Hall–Kier alpha value is -0.850. The van der Waals surface area contributed by atoms with E-state index in [0.29, 0.717) is 16.4 Å². The van der Waals surface area contributed by atoms with Crippen LogP contribution in [0.1, 0.15) is 17.5 Å². The van der Waals surface area contributed by atoms with Crippen LogP contribution in [0.25, 0.3) is 0 Å². The van der Waals surface area contributed by atoms with Crippen LogP contribution in [0.15, 0.2) is 9.95 Å². The predicted octanol–water partition coefficient (Wildman–Crippen LogP) is 1.09. The van der Waals surface area contributed by atoms with Gasteiger partial charge in [0.15, 0.2) is 5.16 Å². The summed E-state index contributed by atoms with van der Waals surface area (Å²) in [6.45, 7) is 1.69. The normalized spacial score (nSPS) is 11.0. The lowest BCUT2D eigenvalue weighted by atomic mass is 10.2. The maximum absolute atomic E-state index is 11.5. The molecular weight excluding hydrogens is 216 g/mol. The molecule has 1 N–H and O–H groups in total. The molecule has 0 aliphatic rings. The van der Waals surface area contributed by atoms with Gasteiger partial charge in [-0.1, -0.05) is 11.8 Å². The van der Waals surface area contributed by atoms with Crippen LogP contribution in [0.5, 0.6) is 0 Å². The lowest BCUT2D eigenvalue weighted by Gasteiger charge is -2.14. The molecule has 0 spiro atoms. The Balaban J connectivity index is 3.26. The van der Waals surface area contributed by atoms with Gasteiger partial charge in [0, 0.05) is 19.8 Å². The zero-order chi connectivity index (χ0) is 11.4. The summed E-state index contributed by atoms with van der Waals surface area (Å²) in [5.74, 6) is 0. The van der Waals surface area contributed by atoms with Gasteiger partial charge in [-0.05, 0) is 13.2 Å². The summed E-state index contributed by atoms with van der Waals surface area (Å²) < 4.78 is 10.1. The van der Waals surface area contributed by atoms with Crippen LogP contribution in [0.3, 0.4) is 0 Å². The van der Waals surface area contributed by atoms with Gasteiger partial charge in [-0.25, -0.2) is 4.98 Å². The SMILES string of the molecule is COC(OC)c1nc(SC)[nH]c(=O)c1C. The van der Waals surface area contributed by atoms with Crippen LogP contribution in [0, 0.1) is 6.92 Å². The van der Waals surface area contributed by atoms with Crippen molar-refractivity contribution in [3.63, 3.8) is 0 Å². The van der Waals surface area contributed by atoms with Gasteiger partial charge in [-0.2, -0.15) is 0 Å². The minimum Gasteiger partial charge on any atom is -0.350 e. The third-order valence-corrected chi connectivity index (χ3v) is 2.59. The van der Waals surface area contributed by atoms with Gasteiger partial charge in [0.05, 0.1) is 0 Å². The number of rotatable bonds is 4. The smallest absolute Gasteiger partial charge is 0.254 e. The van der Waals surface area contributed by atoms with Crippen LogP contribution in [0.2, 0.25) is 0 Å². The molecule has 1 aromatic rings. The van der Waals surface area contributed by atoms with Crippen molar-refractivity contribution in [2.45, 2.75) is 18.4 Å². The first kappa shape index (κ1) is 12.2. The van der Waals surface area contributed by atoms with E-state index in [1.165, 1.54) is 26.0 Å². The van der Waals surface area contributed by atoms with Gasteiger partial charge in [-0.3, -0.25) is 4.79 Å². The molecule has 6 heteroatoms. The number of methoxy groups -OCH3 is 2. The number of aromatic nitrogens is 2. The molecule has 0 aromatic carbocycles. The first-order chi connectivity index (χ1) is 7.13. The van der Waals surface area contributed by atoms with Crippen LogP contribution >= 0.6 is 11.8 Å². The van der Waals surface area contributed by atoms with E-state index in [0.717, 1.165) is 0 Å². The van der Waals surface area contributed by atoms with Crippen LogP contribution < -0.4 is 5.56 Å². The molecule has 5 nitrogen and oxygen atoms in total. The fourth-order valence-corrected chi connectivity index (χ4v) is 1.56. The molecule has 1 aromatic heterocycles. The molecule has 84 valence electrons. The van der Waals surface area contributed by atoms with Crippen LogP contribution in [-0.4, -0.2) is 30.4 Å². The third kappa shape index (κ3) is 2.58. The molecule has 0 radical (unpaired) electrons. The van der Waals surface area contributed by atoms with E-state index < -0.39 is 6.29 Å². The van der Waals surface area contributed by atoms with Crippen molar-refractivity contribution in [1.29, 1.82) is 0 Å². The Labute approximate surface area is 92.2 Å². The minimum absolute atomic E-state index is 0.163. The van der Waals surface area contributed by atoms with E-state index in [1.807, 2.05) is 6.26 Å². The van der Waals surface area contributed by atoms with Crippen LogP contribution in [0.4, 0.5) is 0 Å². The highest BCUT2D eigenvalue weighted by Crippen LogP contribution is 2.18. The highest BCUT2D eigenvalue weighted by Gasteiger charge is 2.17. The Morgan fingerprint density at radius 1 is 1.40 bits per heavy atom. The largest absolute Gasteiger partial charge is 0.350 e. The average molecular weight is 230 g/mol. The van der Waals surface area contributed by atoms with Crippen LogP contribution in [-0.2, 0) is 9.47 Å². The quantitative estimate of drug-likeness (QED) is 0.476. The van der Waals surface area contributed by atoms with Gasteiger partial charge >= 0.3 is 0 Å². The molecule has 15 heavy (non-hydrogen) atoms. The first-order valence-electron chi connectivity index (χ1n) is 4.34. The van der Waals surface area contributed by atoms with Crippen molar-refractivity contribution in [2.24, 2.45) is 0 Å². The van der Waals surface area contributed by atoms with E-state index >= 15 is 0 Å². The third-order valence-electron chi connectivity index (χ3n) is 2.01. The van der Waals surface area contributed by atoms with E-state index in [4.69, 9.17) is 9.47 Å². The highest BCUT2D eigenvalue weighted by molar-refractivity contribution is 7.98. The molecule has 1 heterocycles. The monoisotopic (exact) mass is 230 g/mol. The minimum atomic E-state index is -0.599. The molecule has 0 fully saturated rings. The number of aromatic amines is 1. The molecule has 0 bridgehead atoms. The second kappa shape index (κ2) is 5.29. The van der Waals surface area contributed by atoms with Crippen molar-refractivity contribution in [2.75, 3.05) is 20.5 Å². The molecule has 0 aliphatic carbocycles. The van der Waals surface area contributed by atoms with E-state index in [-0.39, 0.29) is 5.56 Å². The van der Waals surface area contributed by atoms with Crippen molar-refractivity contribution in [1.82, 2.24) is 9.97 Å². The summed E-state index contributed by atoms with van der Waals surface area (Å²) in [4.78, 5) is 18.4. The molecule has 0 amide bonds. The van der Waals surface area contributed by atoms with Gasteiger partial charge < -0.3 is 14.5 Å². The summed E-state index contributed by atoms with van der Waals surface area (Å²) in [6.07, 6.45) is 1.24. The molecule has 0 atom stereocenters. The van der Waals surface area contributed by atoms with E-state index in [2.05, 4.69) is 9.97 Å². The van der Waals surface area contributed by atoms with Crippen molar-refractivity contribution in [3.05, 3.63) is 21.6 Å².